The summed E-state index contributed by atoms with van der Waals surface area (Å²) in [7, 11) is 1.93. The summed E-state index contributed by atoms with van der Waals surface area (Å²) in [5.74, 6) is 0.133. The molecule has 4 rings (SSSR count). The van der Waals surface area contributed by atoms with Crippen LogP contribution in [0.25, 0.3) is 0 Å². The first-order valence-corrected chi connectivity index (χ1v) is 8.81. The van der Waals surface area contributed by atoms with E-state index in [0.29, 0.717) is 12.5 Å². The van der Waals surface area contributed by atoms with Gasteiger partial charge in [0.2, 0.25) is 5.91 Å². The maximum atomic E-state index is 11.9. The largest absolute Gasteiger partial charge is 0.346 e. The molecule has 1 saturated heterocycles. The van der Waals surface area contributed by atoms with Gasteiger partial charge < -0.3 is 10.6 Å². The van der Waals surface area contributed by atoms with Crippen LogP contribution < -0.4 is 10.6 Å². The van der Waals surface area contributed by atoms with Crippen LogP contribution in [0.1, 0.15) is 42.1 Å². The van der Waals surface area contributed by atoms with Crippen LogP contribution in [0.2, 0.25) is 0 Å². The lowest BCUT2D eigenvalue weighted by molar-refractivity contribution is -0.124. The fourth-order valence-corrected chi connectivity index (χ4v) is 4.09. The molecule has 2 aliphatic rings. The fraction of sp³-hybridized carbons (Fsp3) is 0.474. The smallest absolute Gasteiger partial charge is 0.220 e. The molecule has 1 aromatic heterocycles. The van der Waals surface area contributed by atoms with Gasteiger partial charge in [0.25, 0.3) is 0 Å². The molecule has 126 valence electrons. The fourth-order valence-electron chi connectivity index (χ4n) is 4.09. The maximum Gasteiger partial charge on any atom is 0.220 e. The molecule has 2 N–H and O–H groups in total. The second kappa shape index (κ2) is 6.40. The molecule has 1 aromatic carbocycles. The Morgan fingerprint density at radius 2 is 2.00 bits per heavy atom. The maximum absolute atomic E-state index is 11.9. The minimum Gasteiger partial charge on any atom is -0.346 e. The number of nitrogens with one attached hydrogen (secondary N) is 2. The van der Waals surface area contributed by atoms with E-state index in [1.165, 1.54) is 11.1 Å². The summed E-state index contributed by atoms with van der Waals surface area (Å²) in [6.45, 7) is 0. The first-order chi connectivity index (χ1) is 11.7. The molecule has 0 unspecified atom stereocenters. The highest BCUT2D eigenvalue weighted by Gasteiger charge is 2.33. The lowest BCUT2D eigenvalue weighted by Crippen LogP contribution is -2.52. The van der Waals surface area contributed by atoms with Gasteiger partial charge in [0.15, 0.2) is 0 Å². The Bertz CT molecular complexity index is 738. The van der Waals surface area contributed by atoms with Gasteiger partial charge in [-0.15, -0.1) is 0 Å². The highest BCUT2D eigenvalue weighted by molar-refractivity contribution is 5.77. The topological polar surface area (TPSA) is 59.0 Å². The number of nitrogens with zero attached hydrogens (tertiary/aromatic N) is 2. The molecule has 1 aliphatic heterocycles. The van der Waals surface area contributed by atoms with E-state index in [1.54, 1.807) is 6.20 Å². The summed E-state index contributed by atoms with van der Waals surface area (Å²) < 4.78 is 1.86. The number of hydrogen-bond acceptors (Lipinski definition) is 3. The lowest BCUT2D eigenvalue weighted by atomic mass is 9.86. The number of carbonyl (C=O) groups is 1. The van der Waals surface area contributed by atoms with E-state index >= 15 is 0 Å². The van der Waals surface area contributed by atoms with Crippen molar-refractivity contribution in [1.82, 2.24) is 20.4 Å². The van der Waals surface area contributed by atoms with E-state index in [2.05, 4.69) is 40.0 Å². The number of fused-ring (bicyclic) bond motifs is 1. The van der Waals surface area contributed by atoms with Crippen LogP contribution in [-0.2, 0) is 24.7 Å². The van der Waals surface area contributed by atoms with E-state index in [4.69, 9.17) is 0 Å². The summed E-state index contributed by atoms with van der Waals surface area (Å²) in [6.07, 6.45) is 6.61. The standard InChI is InChI=1S/C19H24N4O/c1-23-17(10-11-20-23)19-16(8-9-18(24)22-19)21-15-7-6-13-4-2-3-5-14(13)12-15/h2-5,10-11,15-16,19,21H,6-9,12H2,1H3,(H,22,24)/t15-,16+,19+/m0/s1. The van der Waals surface area contributed by atoms with Gasteiger partial charge in [0.1, 0.15) is 0 Å². The molecule has 1 aliphatic carbocycles. The van der Waals surface area contributed by atoms with Gasteiger partial charge in [-0.05, 0) is 42.9 Å². The first kappa shape index (κ1) is 15.4. The van der Waals surface area contributed by atoms with Crippen molar-refractivity contribution in [1.29, 1.82) is 0 Å². The zero-order valence-corrected chi connectivity index (χ0v) is 14.0. The number of piperidine rings is 1. The van der Waals surface area contributed by atoms with Crippen LogP contribution in [0.3, 0.4) is 0 Å². The molecule has 0 radical (unpaired) electrons. The van der Waals surface area contributed by atoms with Crippen LogP contribution in [0.15, 0.2) is 36.5 Å². The average Bonchev–Trinajstić information content (AvgIpc) is 3.02. The molecule has 1 fully saturated rings. The normalized spacial score (nSPS) is 26.7. The van der Waals surface area contributed by atoms with E-state index in [0.717, 1.165) is 31.4 Å². The number of carbonyl (C=O) groups excluding carboxylic acids is 1. The molecule has 0 bridgehead atoms. The van der Waals surface area contributed by atoms with Crippen molar-refractivity contribution in [2.45, 2.75) is 50.2 Å². The highest BCUT2D eigenvalue weighted by atomic mass is 16.1. The number of amides is 1. The van der Waals surface area contributed by atoms with Crippen LogP contribution in [0.4, 0.5) is 0 Å². The minimum absolute atomic E-state index is 0.00378. The van der Waals surface area contributed by atoms with Gasteiger partial charge in [0.05, 0.1) is 11.7 Å². The van der Waals surface area contributed by atoms with Crippen molar-refractivity contribution < 1.29 is 4.79 Å². The molecular formula is C19H24N4O. The molecule has 3 atom stereocenters. The Morgan fingerprint density at radius 3 is 2.79 bits per heavy atom. The van der Waals surface area contributed by atoms with Gasteiger partial charge >= 0.3 is 0 Å². The van der Waals surface area contributed by atoms with Crippen LogP contribution in [0, 0.1) is 0 Å². The van der Waals surface area contributed by atoms with E-state index in [9.17, 15) is 4.79 Å². The predicted molar refractivity (Wildman–Crippen MR) is 92.5 cm³/mol. The van der Waals surface area contributed by atoms with Crippen molar-refractivity contribution in [3.8, 4) is 0 Å². The van der Waals surface area contributed by atoms with Crippen LogP contribution in [-0.4, -0.2) is 27.8 Å². The monoisotopic (exact) mass is 324 g/mol. The Hall–Kier alpha value is -2.14. The average molecular weight is 324 g/mol. The summed E-state index contributed by atoms with van der Waals surface area (Å²) in [5, 5.41) is 11.3. The van der Waals surface area contributed by atoms with Gasteiger partial charge in [-0.25, -0.2) is 0 Å². The number of hydrogen-bond donors (Lipinski definition) is 2. The van der Waals surface area contributed by atoms with Gasteiger partial charge in [-0.3, -0.25) is 9.48 Å². The second-order valence-electron chi connectivity index (χ2n) is 6.95. The SMILES string of the molecule is Cn1nccc1[C@@H]1NC(=O)CC[C@H]1N[C@H]1CCc2ccccc2C1. The molecule has 2 aromatic rings. The number of rotatable bonds is 3. The molecule has 5 nitrogen and oxygen atoms in total. The van der Waals surface area contributed by atoms with Crippen molar-refractivity contribution in [2.75, 3.05) is 0 Å². The van der Waals surface area contributed by atoms with E-state index < -0.39 is 0 Å². The van der Waals surface area contributed by atoms with Crippen LogP contribution >= 0.6 is 0 Å². The number of aryl methyl sites for hydroxylation is 2. The quantitative estimate of drug-likeness (QED) is 0.906. The Balaban J connectivity index is 1.50. The lowest BCUT2D eigenvalue weighted by Gasteiger charge is -2.37. The first-order valence-electron chi connectivity index (χ1n) is 8.81. The van der Waals surface area contributed by atoms with E-state index in [-0.39, 0.29) is 18.0 Å². The van der Waals surface area contributed by atoms with E-state index in [1.807, 2.05) is 17.8 Å². The summed E-state index contributed by atoms with van der Waals surface area (Å²) in [5.41, 5.74) is 4.01. The van der Waals surface area contributed by atoms with Gasteiger partial charge in [-0.2, -0.15) is 5.10 Å². The third-order valence-electron chi connectivity index (χ3n) is 5.38. The zero-order chi connectivity index (χ0) is 16.5. The highest BCUT2D eigenvalue weighted by Crippen LogP contribution is 2.27. The molecule has 5 heteroatoms. The number of aromatic nitrogens is 2. The van der Waals surface area contributed by atoms with Gasteiger partial charge in [-0.1, -0.05) is 24.3 Å². The minimum atomic E-state index is -0.00378. The van der Waals surface area contributed by atoms with Crippen molar-refractivity contribution >= 4 is 5.91 Å². The summed E-state index contributed by atoms with van der Waals surface area (Å²) in [6, 6.07) is 11.5. The Kier molecular flexibility index (Phi) is 4.10. The Labute approximate surface area is 142 Å². The third kappa shape index (κ3) is 2.96. The zero-order valence-electron chi connectivity index (χ0n) is 14.0. The summed E-state index contributed by atoms with van der Waals surface area (Å²) in [4.78, 5) is 11.9. The molecule has 0 saturated carbocycles. The molecule has 0 spiro atoms. The predicted octanol–water partition coefficient (Wildman–Crippen LogP) is 1.89. The molecule has 2 heterocycles. The van der Waals surface area contributed by atoms with Crippen LogP contribution in [0.5, 0.6) is 0 Å². The molecular weight excluding hydrogens is 300 g/mol. The van der Waals surface area contributed by atoms with Crippen molar-refractivity contribution in [2.24, 2.45) is 7.05 Å². The number of benzene rings is 1. The molecule has 1 amide bonds. The Morgan fingerprint density at radius 1 is 1.17 bits per heavy atom. The van der Waals surface area contributed by atoms with Gasteiger partial charge in [0, 0.05) is 31.7 Å². The van der Waals surface area contributed by atoms with Crippen molar-refractivity contribution in [3.63, 3.8) is 0 Å². The van der Waals surface area contributed by atoms with Crippen molar-refractivity contribution in [3.05, 3.63) is 53.3 Å². The second-order valence-corrected chi connectivity index (χ2v) is 6.95. The summed E-state index contributed by atoms with van der Waals surface area (Å²) >= 11 is 0. The molecule has 24 heavy (non-hydrogen) atoms. The third-order valence-corrected chi connectivity index (χ3v) is 5.38.